The molecule has 1 saturated heterocycles. The van der Waals surface area contributed by atoms with Crippen molar-refractivity contribution in [2.75, 3.05) is 32.1 Å². The number of nitrogens with zero attached hydrogens (tertiary/aromatic N) is 2. The molecule has 0 aliphatic carbocycles. The van der Waals surface area contributed by atoms with Crippen molar-refractivity contribution in [2.24, 2.45) is 0 Å². The number of benzene rings is 1. The van der Waals surface area contributed by atoms with Gasteiger partial charge in [-0.1, -0.05) is 32.9 Å². The minimum absolute atomic E-state index is 0.0222. The fourth-order valence-corrected chi connectivity index (χ4v) is 2.74. The van der Waals surface area contributed by atoms with Crippen molar-refractivity contribution >= 4 is 29.5 Å². The van der Waals surface area contributed by atoms with Crippen LogP contribution in [0.2, 0.25) is 0 Å². The van der Waals surface area contributed by atoms with Gasteiger partial charge in [0.15, 0.2) is 6.61 Å². The summed E-state index contributed by atoms with van der Waals surface area (Å²) in [5, 5.41) is 2.67. The van der Waals surface area contributed by atoms with E-state index in [1.165, 1.54) is 4.90 Å². The number of anilines is 1. The van der Waals surface area contributed by atoms with E-state index in [4.69, 9.17) is 4.74 Å². The topological polar surface area (TPSA) is 96.0 Å². The van der Waals surface area contributed by atoms with Crippen LogP contribution in [0.5, 0.6) is 0 Å². The predicted octanol–water partition coefficient (Wildman–Crippen LogP) is 2.14. The molecule has 8 heteroatoms. The number of esters is 1. The Kier molecular flexibility index (Phi) is 6.77. The van der Waals surface area contributed by atoms with E-state index >= 15 is 0 Å². The summed E-state index contributed by atoms with van der Waals surface area (Å²) in [4.78, 5) is 49.4. The zero-order valence-corrected chi connectivity index (χ0v) is 16.8. The van der Waals surface area contributed by atoms with E-state index in [-0.39, 0.29) is 43.5 Å². The predicted molar refractivity (Wildman–Crippen MR) is 104 cm³/mol. The zero-order valence-electron chi connectivity index (χ0n) is 16.8. The molecule has 1 aromatic rings. The largest absolute Gasteiger partial charge is 0.456 e. The fourth-order valence-electron chi connectivity index (χ4n) is 2.74. The van der Waals surface area contributed by atoms with Crippen LogP contribution in [0.15, 0.2) is 24.3 Å². The molecule has 1 N–H and O–H groups in total. The molecule has 0 atom stereocenters. The molecule has 0 unspecified atom stereocenters. The summed E-state index contributed by atoms with van der Waals surface area (Å²) in [5.74, 6) is -1.26. The molecule has 1 aliphatic rings. The number of ether oxygens (including phenoxy) is 1. The first-order valence-electron chi connectivity index (χ1n) is 9.19. The highest BCUT2D eigenvalue weighted by atomic mass is 16.5. The maximum absolute atomic E-state index is 11.9. The molecule has 28 heavy (non-hydrogen) atoms. The summed E-state index contributed by atoms with van der Waals surface area (Å²) < 4.78 is 4.94. The average molecular weight is 389 g/mol. The molecule has 1 aliphatic heterocycles. The molecule has 8 nitrogen and oxygen atoms in total. The number of urea groups is 1. The second kappa shape index (κ2) is 8.86. The average Bonchev–Trinajstić information content (AvgIpc) is 2.85. The summed E-state index contributed by atoms with van der Waals surface area (Å²) in [6.07, 6.45) is 0.314. The van der Waals surface area contributed by atoms with E-state index in [2.05, 4.69) is 26.1 Å². The van der Waals surface area contributed by atoms with Crippen LogP contribution in [0, 0.1) is 0 Å². The van der Waals surface area contributed by atoms with Gasteiger partial charge in [0.1, 0.15) is 6.54 Å². The molecule has 0 spiro atoms. The first kappa shape index (κ1) is 21.4. The van der Waals surface area contributed by atoms with Gasteiger partial charge in [0, 0.05) is 25.7 Å². The molecule has 152 valence electrons. The minimum Gasteiger partial charge on any atom is -0.456 e. The third-order valence-electron chi connectivity index (χ3n) is 4.39. The standard InChI is InChI=1S/C20H27N3O5/c1-20(2,3)14-7-9-15(10-8-14)21-16(24)13-28-18(26)6-5-11-23-17(25)12-22(4)19(23)27/h7-10H,5-6,11-13H2,1-4H3,(H,21,24). The molecule has 2 rings (SSSR count). The molecular formula is C20H27N3O5. The van der Waals surface area contributed by atoms with Gasteiger partial charge in [0.2, 0.25) is 5.91 Å². The van der Waals surface area contributed by atoms with Gasteiger partial charge in [-0.2, -0.15) is 0 Å². The monoisotopic (exact) mass is 389 g/mol. The Morgan fingerprint density at radius 1 is 1.14 bits per heavy atom. The van der Waals surface area contributed by atoms with Gasteiger partial charge >= 0.3 is 12.0 Å². The number of nitrogens with one attached hydrogen (secondary N) is 1. The highest BCUT2D eigenvalue weighted by molar-refractivity contribution is 6.01. The van der Waals surface area contributed by atoms with Crippen molar-refractivity contribution in [1.82, 2.24) is 9.80 Å². The van der Waals surface area contributed by atoms with Crippen LogP contribution in [0.4, 0.5) is 10.5 Å². The van der Waals surface area contributed by atoms with Gasteiger partial charge < -0.3 is 15.0 Å². The van der Waals surface area contributed by atoms with Crippen molar-refractivity contribution < 1.29 is 23.9 Å². The molecular weight excluding hydrogens is 362 g/mol. The van der Waals surface area contributed by atoms with Crippen molar-refractivity contribution in [1.29, 1.82) is 0 Å². The van der Waals surface area contributed by atoms with Gasteiger partial charge in [-0.05, 0) is 29.5 Å². The summed E-state index contributed by atoms with van der Waals surface area (Å²) in [6, 6.07) is 7.14. The number of hydrogen-bond acceptors (Lipinski definition) is 5. The van der Waals surface area contributed by atoms with Crippen LogP contribution < -0.4 is 5.32 Å². The molecule has 1 heterocycles. The normalized spacial score (nSPS) is 14.4. The number of likely N-dealkylation sites (N-methyl/N-ethyl adjacent to an activating group) is 1. The first-order chi connectivity index (χ1) is 13.1. The Morgan fingerprint density at radius 2 is 1.79 bits per heavy atom. The third-order valence-corrected chi connectivity index (χ3v) is 4.39. The van der Waals surface area contributed by atoms with Crippen molar-refractivity contribution in [2.45, 2.75) is 39.0 Å². The van der Waals surface area contributed by atoms with Gasteiger partial charge in [-0.3, -0.25) is 19.3 Å². The van der Waals surface area contributed by atoms with Crippen LogP contribution in [-0.2, 0) is 24.5 Å². The lowest BCUT2D eigenvalue weighted by molar-refractivity contribution is -0.147. The van der Waals surface area contributed by atoms with E-state index < -0.39 is 11.9 Å². The highest BCUT2D eigenvalue weighted by Crippen LogP contribution is 2.23. The Hall–Kier alpha value is -2.90. The Bertz CT molecular complexity index is 752. The molecule has 4 amide bonds. The quantitative estimate of drug-likeness (QED) is 0.569. The SMILES string of the molecule is CN1CC(=O)N(CCCC(=O)OCC(=O)Nc2ccc(C(C)(C)C)cc2)C1=O. The summed E-state index contributed by atoms with van der Waals surface area (Å²) in [5.41, 5.74) is 1.81. The van der Waals surface area contributed by atoms with Crippen LogP contribution in [-0.4, -0.2) is 60.4 Å². The van der Waals surface area contributed by atoms with Gasteiger partial charge in [-0.25, -0.2) is 4.79 Å². The van der Waals surface area contributed by atoms with E-state index in [0.717, 1.165) is 10.5 Å². The van der Waals surface area contributed by atoms with E-state index in [1.54, 1.807) is 19.2 Å². The molecule has 0 saturated carbocycles. The number of carbonyl (C=O) groups is 4. The van der Waals surface area contributed by atoms with Crippen molar-refractivity contribution in [3.63, 3.8) is 0 Å². The second-order valence-electron chi connectivity index (χ2n) is 7.82. The fraction of sp³-hybridized carbons (Fsp3) is 0.500. The minimum atomic E-state index is -0.550. The van der Waals surface area contributed by atoms with E-state index in [0.29, 0.717) is 12.1 Å². The smallest absolute Gasteiger partial charge is 0.326 e. The summed E-state index contributed by atoms with van der Waals surface area (Å²) >= 11 is 0. The molecule has 1 aromatic carbocycles. The summed E-state index contributed by atoms with van der Waals surface area (Å²) in [7, 11) is 1.55. The number of hydrogen-bond donors (Lipinski definition) is 1. The van der Waals surface area contributed by atoms with E-state index in [1.807, 2.05) is 12.1 Å². The number of carbonyl (C=O) groups excluding carboxylic acids is 4. The van der Waals surface area contributed by atoms with E-state index in [9.17, 15) is 19.2 Å². The van der Waals surface area contributed by atoms with Crippen LogP contribution in [0.3, 0.4) is 0 Å². The first-order valence-corrected chi connectivity index (χ1v) is 9.19. The van der Waals surface area contributed by atoms with Gasteiger partial charge in [0.25, 0.3) is 5.91 Å². The lowest BCUT2D eigenvalue weighted by atomic mass is 9.87. The van der Waals surface area contributed by atoms with Crippen molar-refractivity contribution in [3.05, 3.63) is 29.8 Å². The van der Waals surface area contributed by atoms with Crippen LogP contribution in [0.1, 0.15) is 39.2 Å². The molecule has 1 fully saturated rings. The zero-order chi connectivity index (χ0) is 20.9. The molecule has 0 radical (unpaired) electrons. The lowest BCUT2D eigenvalue weighted by Crippen LogP contribution is -2.32. The Morgan fingerprint density at radius 3 is 2.32 bits per heavy atom. The number of imide groups is 1. The highest BCUT2D eigenvalue weighted by Gasteiger charge is 2.32. The van der Waals surface area contributed by atoms with Gasteiger partial charge in [0.05, 0.1) is 0 Å². The third kappa shape index (κ3) is 5.80. The maximum atomic E-state index is 11.9. The Balaban J connectivity index is 1.69. The number of rotatable bonds is 7. The second-order valence-corrected chi connectivity index (χ2v) is 7.82. The number of amides is 4. The van der Waals surface area contributed by atoms with Gasteiger partial charge in [-0.15, -0.1) is 0 Å². The lowest BCUT2D eigenvalue weighted by Gasteiger charge is -2.19. The van der Waals surface area contributed by atoms with Crippen molar-refractivity contribution in [3.8, 4) is 0 Å². The molecule has 0 aromatic heterocycles. The Labute approximate surface area is 164 Å². The molecule has 0 bridgehead atoms. The summed E-state index contributed by atoms with van der Waals surface area (Å²) in [6.45, 7) is 6.14. The maximum Gasteiger partial charge on any atom is 0.326 e. The van der Waals surface area contributed by atoms with Crippen LogP contribution in [0.25, 0.3) is 0 Å². The van der Waals surface area contributed by atoms with Crippen LogP contribution >= 0.6 is 0 Å².